The normalized spacial score (nSPS) is 26.3. The number of rotatable bonds is 8. The lowest BCUT2D eigenvalue weighted by atomic mass is 10.1. The molecule has 3 fully saturated rings. The molecule has 13 nitrogen and oxygen atoms in total. The van der Waals surface area contributed by atoms with Gasteiger partial charge in [0, 0.05) is 41.8 Å². The number of nitrogens with zero attached hydrogens (tertiary/aromatic N) is 3. The third-order valence-electron chi connectivity index (χ3n) is 9.84. The molecular weight excluding hydrogens is 681 g/mol. The molecule has 50 heavy (non-hydrogen) atoms. The number of sulfonamides is 1. The molecule has 2 aromatic heterocycles. The number of amides is 4. The van der Waals surface area contributed by atoms with Crippen molar-refractivity contribution < 1.29 is 32.3 Å². The van der Waals surface area contributed by atoms with Gasteiger partial charge in [0.05, 0.1) is 30.1 Å². The smallest absolute Gasteiger partial charge is 0.318 e. The highest BCUT2D eigenvalue weighted by atomic mass is 32.2. The molecule has 4 unspecified atom stereocenters. The molecule has 0 spiro atoms. The minimum Gasteiger partial charge on any atom is -0.497 e. The predicted molar refractivity (Wildman–Crippen MR) is 188 cm³/mol. The summed E-state index contributed by atoms with van der Waals surface area (Å²) in [7, 11) is -2.24. The molecule has 4 heterocycles. The van der Waals surface area contributed by atoms with Gasteiger partial charge in [-0.3, -0.25) is 14.3 Å². The number of carbonyl (C=O) groups excluding carboxylic acids is 3. The molecule has 15 heteroatoms. The van der Waals surface area contributed by atoms with Gasteiger partial charge < -0.3 is 25.0 Å². The summed E-state index contributed by atoms with van der Waals surface area (Å²) in [6.45, 7) is 4.73. The van der Waals surface area contributed by atoms with Crippen LogP contribution in [0, 0.1) is 5.92 Å². The number of allylic oxidation sites excluding steroid dienone is 1. The zero-order valence-corrected chi connectivity index (χ0v) is 29.9. The lowest BCUT2D eigenvalue weighted by Gasteiger charge is -2.26. The van der Waals surface area contributed by atoms with E-state index in [4.69, 9.17) is 19.4 Å². The molecule has 2 aliphatic heterocycles. The second-order valence-corrected chi connectivity index (χ2v) is 16.7. The lowest BCUT2D eigenvalue weighted by molar-refractivity contribution is -0.131. The van der Waals surface area contributed by atoms with Crippen molar-refractivity contribution in [2.75, 3.05) is 20.2 Å². The standard InChI is InChI=1S/C35H42N6O7S2/c1-20(2)28-19-49-32(38-28)27-16-30(25-12-9-22(47-3)14-26(25)37-27)48-23-15-29-31(42)39-35(33(43)40-50(45,46)24-10-11-24)17-21(35)8-6-4-5-7-13-36-34(44)41(29)18-23/h6,8-9,12,14,16,19-21,23-24,29H,4-5,7,10-11,13,15,17-18H2,1-3H3,(H,36,44)(H,39,42)(H,40,43)/b8-6+. The Morgan fingerprint density at radius 2 is 1.98 bits per heavy atom. The second kappa shape index (κ2) is 13.5. The Bertz CT molecular complexity index is 1960. The summed E-state index contributed by atoms with van der Waals surface area (Å²) in [5.74, 6) is -0.221. The van der Waals surface area contributed by atoms with Crippen LogP contribution in [-0.2, 0) is 19.6 Å². The van der Waals surface area contributed by atoms with Crippen LogP contribution in [0.1, 0.15) is 70.4 Å². The maximum atomic E-state index is 14.1. The molecule has 3 aromatic rings. The number of urea groups is 1. The van der Waals surface area contributed by atoms with E-state index < -0.39 is 50.8 Å². The molecule has 7 rings (SSSR count). The topological polar surface area (TPSA) is 169 Å². The Balaban J connectivity index is 1.18. The van der Waals surface area contributed by atoms with E-state index in [1.165, 1.54) is 16.2 Å². The van der Waals surface area contributed by atoms with E-state index in [0.29, 0.717) is 42.1 Å². The molecular formula is C35H42N6O7S2. The molecule has 3 N–H and O–H groups in total. The van der Waals surface area contributed by atoms with Crippen LogP contribution in [0.2, 0.25) is 0 Å². The predicted octanol–water partition coefficient (Wildman–Crippen LogP) is 4.25. The first kappa shape index (κ1) is 34.2. The van der Waals surface area contributed by atoms with Gasteiger partial charge in [0.25, 0.3) is 5.91 Å². The third-order valence-corrected chi connectivity index (χ3v) is 12.5. The first-order valence-corrected chi connectivity index (χ1v) is 19.6. The molecule has 4 aliphatic rings. The quantitative estimate of drug-likeness (QED) is 0.288. The number of nitrogens with one attached hydrogen (secondary N) is 3. The fourth-order valence-electron chi connectivity index (χ4n) is 6.63. The van der Waals surface area contributed by atoms with Crippen LogP contribution in [0.3, 0.4) is 0 Å². The highest BCUT2D eigenvalue weighted by Crippen LogP contribution is 2.46. The number of ether oxygens (including phenoxy) is 2. The van der Waals surface area contributed by atoms with Crippen LogP contribution >= 0.6 is 11.3 Å². The van der Waals surface area contributed by atoms with Crippen molar-refractivity contribution in [3.63, 3.8) is 0 Å². The Kier molecular flexibility index (Phi) is 9.22. The zero-order chi connectivity index (χ0) is 35.2. The Labute approximate surface area is 295 Å². The number of hydrogen-bond acceptors (Lipinski definition) is 10. The van der Waals surface area contributed by atoms with Crippen molar-refractivity contribution in [1.29, 1.82) is 0 Å². The van der Waals surface area contributed by atoms with Gasteiger partial charge in [-0.2, -0.15) is 0 Å². The van der Waals surface area contributed by atoms with Gasteiger partial charge in [0.2, 0.25) is 15.9 Å². The number of aromatic nitrogens is 2. The highest BCUT2D eigenvalue weighted by molar-refractivity contribution is 7.91. The van der Waals surface area contributed by atoms with Crippen LogP contribution in [0.4, 0.5) is 4.79 Å². The number of carbonyl (C=O) groups is 3. The van der Waals surface area contributed by atoms with Crippen molar-refractivity contribution in [1.82, 2.24) is 30.2 Å². The first-order valence-electron chi connectivity index (χ1n) is 17.2. The van der Waals surface area contributed by atoms with Crippen LogP contribution < -0.4 is 24.8 Å². The van der Waals surface area contributed by atoms with E-state index in [2.05, 4.69) is 29.2 Å². The SMILES string of the molecule is COc1ccc2c(OC3CC4C(=O)NC5(C(=O)NS(=O)(=O)C6CC6)CC5/C=C/CCCCNC(=O)N4C3)cc(-c3nc(C(C)C)cs3)nc2c1. The number of benzene rings is 1. The summed E-state index contributed by atoms with van der Waals surface area (Å²) in [5.41, 5.74) is 0.824. The number of pyridine rings is 1. The molecule has 266 valence electrons. The van der Waals surface area contributed by atoms with Gasteiger partial charge in [0.15, 0.2) is 0 Å². The van der Waals surface area contributed by atoms with Crippen LogP contribution in [-0.4, -0.2) is 84.3 Å². The fraction of sp³-hybridized carbons (Fsp3) is 0.514. The summed E-state index contributed by atoms with van der Waals surface area (Å²) >= 11 is 1.50. The minimum atomic E-state index is -3.83. The van der Waals surface area contributed by atoms with Crippen LogP contribution in [0.25, 0.3) is 21.6 Å². The number of methoxy groups -OCH3 is 1. The van der Waals surface area contributed by atoms with Gasteiger partial charge in [-0.05, 0) is 56.6 Å². The molecule has 1 aromatic carbocycles. The summed E-state index contributed by atoms with van der Waals surface area (Å²) in [5, 5.41) is 8.73. The molecule has 4 atom stereocenters. The van der Waals surface area contributed by atoms with Crippen molar-refractivity contribution in [2.45, 2.75) is 87.6 Å². The van der Waals surface area contributed by atoms with Crippen LogP contribution in [0.15, 0.2) is 41.8 Å². The van der Waals surface area contributed by atoms with Gasteiger partial charge in [0.1, 0.15) is 39.9 Å². The Hall–Kier alpha value is -4.24. The van der Waals surface area contributed by atoms with E-state index in [-0.39, 0.29) is 31.2 Å². The van der Waals surface area contributed by atoms with Crippen molar-refractivity contribution in [2.24, 2.45) is 5.92 Å². The minimum absolute atomic E-state index is 0.118. The average Bonchev–Trinajstić information content (AvgIpc) is 3.96. The number of hydrogen-bond donors (Lipinski definition) is 3. The molecule has 2 saturated carbocycles. The lowest BCUT2D eigenvalue weighted by Crippen LogP contribution is -2.57. The largest absolute Gasteiger partial charge is 0.497 e. The van der Waals surface area contributed by atoms with E-state index in [1.54, 1.807) is 7.11 Å². The van der Waals surface area contributed by atoms with Gasteiger partial charge in [-0.1, -0.05) is 26.0 Å². The third kappa shape index (κ3) is 6.89. The van der Waals surface area contributed by atoms with Gasteiger partial charge >= 0.3 is 6.03 Å². The van der Waals surface area contributed by atoms with Crippen molar-refractivity contribution >= 4 is 50.1 Å². The monoisotopic (exact) mass is 722 g/mol. The summed E-state index contributed by atoms with van der Waals surface area (Å²) in [6, 6.07) is 5.99. The maximum Gasteiger partial charge on any atom is 0.318 e. The second-order valence-electron chi connectivity index (χ2n) is 13.9. The molecule has 0 bridgehead atoms. The number of thiazole rings is 1. The van der Waals surface area contributed by atoms with E-state index >= 15 is 0 Å². The molecule has 0 radical (unpaired) electrons. The zero-order valence-electron chi connectivity index (χ0n) is 28.3. The van der Waals surface area contributed by atoms with Crippen LogP contribution in [0.5, 0.6) is 11.5 Å². The summed E-state index contributed by atoms with van der Waals surface area (Å²) in [6.07, 6.45) is 6.98. The van der Waals surface area contributed by atoms with E-state index in [0.717, 1.165) is 35.4 Å². The van der Waals surface area contributed by atoms with Crippen molar-refractivity contribution in [3.05, 3.63) is 47.5 Å². The molecule has 4 amide bonds. The van der Waals surface area contributed by atoms with E-state index in [9.17, 15) is 22.8 Å². The maximum absolute atomic E-state index is 14.1. The molecule has 1 saturated heterocycles. The Morgan fingerprint density at radius 3 is 2.72 bits per heavy atom. The highest BCUT2D eigenvalue weighted by Gasteiger charge is 2.62. The average molecular weight is 723 g/mol. The van der Waals surface area contributed by atoms with Crippen molar-refractivity contribution in [3.8, 4) is 22.2 Å². The summed E-state index contributed by atoms with van der Waals surface area (Å²) in [4.78, 5) is 52.3. The molecule has 2 aliphatic carbocycles. The van der Waals surface area contributed by atoms with Gasteiger partial charge in [-0.25, -0.2) is 23.2 Å². The van der Waals surface area contributed by atoms with E-state index in [1.807, 2.05) is 41.8 Å². The Morgan fingerprint density at radius 1 is 1.16 bits per heavy atom. The first-order chi connectivity index (χ1) is 24.0. The summed E-state index contributed by atoms with van der Waals surface area (Å²) < 4.78 is 39.8. The number of fused-ring (bicyclic) bond motifs is 3. The van der Waals surface area contributed by atoms with Gasteiger partial charge in [-0.15, -0.1) is 11.3 Å². The fourth-order valence-corrected chi connectivity index (χ4v) is 8.93.